The SMILES string of the molecule is COC(=O)C(O)[C@H]1[C@]2(C)C[C@]3(O)[C@@](O)(C(=O)C4=C(CC[C@]5(C)C4=CC(=O)O[C@H]5c4ccoc4)[C@]13C)[C@H]2OC(=O)C(C)C. The molecule has 11 heteroatoms. The lowest BCUT2D eigenvalue weighted by Gasteiger charge is -2.63. The van der Waals surface area contributed by atoms with Crippen molar-refractivity contribution in [1.82, 2.24) is 0 Å². The predicted molar refractivity (Wildman–Crippen MR) is 142 cm³/mol. The van der Waals surface area contributed by atoms with Crippen LogP contribution < -0.4 is 0 Å². The number of methoxy groups -OCH3 is 1. The molecule has 0 saturated heterocycles. The van der Waals surface area contributed by atoms with E-state index in [-0.39, 0.29) is 18.4 Å². The zero-order valence-corrected chi connectivity index (χ0v) is 24.4. The van der Waals surface area contributed by atoms with Gasteiger partial charge in [0.25, 0.3) is 0 Å². The zero-order chi connectivity index (χ0) is 30.8. The van der Waals surface area contributed by atoms with Crippen LogP contribution in [0, 0.1) is 28.1 Å². The Bertz CT molecular complexity index is 1470. The Labute approximate surface area is 242 Å². The van der Waals surface area contributed by atoms with Crippen LogP contribution in [-0.2, 0) is 33.4 Å². The monoisotopic (exact) mass is 584 g/mol. The van der Waals surface area contributed by atoms with Crippen molar-refractivity contribution >= 4 is 23.7 Å². The number of carbonyl (C=O) groups excluding carboxylic acids is 4. The first-order valence-corrected chi connectivity index (χ1v) is 14.2. The Balaban J connectivity index is 1.63. The minimum absolute atomic E-state index is 0.0279. The molecule has 2 saturated carbocycles. The molecule has 2 heterocycles. The van der Waals surface area contributed by atoms with Gasteiger partial charge in [0.1, 0.15) is 17.8 Å². The van der Waals surface area contributed by atoms with Gasteiger partial charge < -0.3 is 33.9 Å². The molecule has 226 valence electrons. The van der Waals surface area contributed by atoms with Crippen LogP contribution >= 0.6 is 0 Å². The number of fused-ring (bicyclic) bond motifs is 4. The van der Waals surface area contributed by atoms with Gasteiger partial charge in [0.15, 0.2) is 11.7 Å². The fraction of sp³-hybridized carbons (Fsp3) is 0.613. The Kier molecular flexibility index (Phi) is 5.93. The van der Waals surface area contributed by atoms with Crippen molar-refractivity contribution < 1.29 is 53.1 Å². The highest BCUT2D eigenvalue weighted by atomic mass is 16.6. The molecule has 1 unspecified atom stereocenters. The third-order valence-electron chi connectivity index (χ3n) is 11.1. The first-order chi connectivity index (χ1) is 19.5. The summed E-state index contributed by atoms with van der Waals surface area (Å²) in [5.41, 5.74) is -7.40. The third kappa shape index (κ3) is 3.06. The molecule has 0 aromatic carbocycles. The van der Waals surface area contributed by atoms with Gasteiger partial charge in [0.2, 0.25) is 5.78 Å². The largest absolute Gasteiger partial charge is 0.472 e. The summed E-state index contributed by atoms with van der Waals surface area (Å²) in [6, 6.07) is 1.67. The molecule has 3 N–H and O–H groups in total. The minimum Gasteiger partial charge on any atom is -0.472 e. The van der Waals surface area contributed by atoms with Crippen LogP contribution in [0.2, 0.25) is 0 Å². The average molecular weight is 585 g/mol. The fourth-order valence-corrected chi connectivity index (χ4v) is 9.22. The van der Waals surface area contributed by atoms with Crippen molar-refractivity contribution in [1.29, 1.82) is 0 Å². The van der Waals surface area contributed by atoms with E-state index in [4.69, 9.17) is 18.6 Å². The molecule has 5 aliphatic rings. The van der Waals surface area contributed by atoms with Gasteiger partial charge in [-0.15, -0.1) is 0 Å². The van der Waals surface area contributed by atoms with E-state index in [1.165, 1.54) is 18.6 Å². The number of hydrogen-bond donors (Lipinski definition) is 3. The van der Waals surface area contributed by atoms with Crippen LogP contribution in [0.5, 0.6) is 0 Å². The summed E-state index contributed by atoms with van der Waals surface area (Å²) in [5, 5.41) is 36.5. The molecule has 42 heavy (non-hydrogen) atoms. The lowest BCUT2D eigenvalue weighted by molar-refractivity contribution is -0.259. The molecule has 0 amide bonds. The van der Waals surface area contributed by atoms with E-state index < -0.39 is 81.3 Å². The van der Waals surface area contributed by atoms with Gasteiger partial charge >= 0.3 is 17.9 Å². The highest BCUT2D eigenvalue weighted by Gasteiger charge is 2.90. The van der Waals surface area contributed by atoms with E-state index in [0.29, 0.717) is 23.1 Å². The number of ether oxygens (including phenoxy) is 3. The van der Waals surface area contributed by atoms with Crippen molar-refractivity contribution in [2.24, 2.45) is 28.1 Å². The van der Waals surface area contributed by atoms with Crippen molar-refractivity contribution in [2.75, 3.05) is 7.11 Å². The number of ketones is 1. The van der Waals surface area contributed by atoms with Crippen molar-refractivity contribution in [3.8, 4) is 0 Å². The lowest BCUT2D eigenvalue weighted by atomic mass is 9.43. The maximum absolute atomic E-state index is 14.7. The minimum atomic E-state index is -2.64. The Morgan fingerprint density at radius 2 is 1.81 bits per heavy atom. The molecule has 1 aliphatic heterocycles. The molecule has 2 fully saturated rings. The van der Waals surface area contributed by atoms with E-state index in [9.17, 15) is 34.5 Å². The number of aliphatic hydroxyl groups is 3. The molecule has 0 spiro atoms. The molecule has 1 aromatic heterocycles. The number of esters is 3. The number of cyclic esters (lactones) is 1. The number of rotatable bonds is 5. The number of hydrogen-bond acceptors (Lipinski definition) is 11. The van der Waals surface area contributed by atoms with Gasteiger partial charge in [-0.25, -0.2) is 9.59 Å². The maximum atomic E-state index is 14.7. The first kappa shape index (κ1) is 28.8. The highest BCUT2D eigenvalue weighted by molar-refractivity contribution is 6.12. The van der Waals surface area contributed by atoms with Crippen molar-refractivity contribution in [3.63, 3.8) is 0 Å². The standard InChI is InChI=1S/C31H36O11/c1-14(2)24(35)42-26-28(4)13-30(37)29(5,21(28)20(33)25(36)39-6)16-7-9-27(3)17(19(16)22(34)31(26,30)38)11-18(32)41-23(27)15-8-10-40-12-15/h8,10-12,14,20-21,23,26,33,37-38H,7,9,13H2,1-6H3/t20?,21-,23-,26-,27+,28-,29+,30+,31+/m0/s1. The zero-order valence-electron chi connectivity index (χ0n) is 24.4. The normalized spacial score (nSPS) is 42.5. The second-order valence-corrected chi connectivity index (χ2v) is 13.5. The molecule has 6 rings (SSSR count). The van der Waals surface area contributed by atoms with Crippen LogP contribution in [0.15, 0.2) is 45.8 Å². The van der Waals surface area contributed by atoms with Gasteiger partial charge in [0.05, 0.1) is 25.6 Å². The van der Waals surface area contributed by atoms with Gasteiger partial charge in [-0.3, -0.25) is 9.59 Å². The van der Waals surface area contributed by atoms with E-state index >= 15 is 0 Å². The van der Waals surface area contributed by atoms with Crippen molar-refractivity contribution in [3.05, 3.63) is 47.0 Å². The summed E-state index contributed by atoms with van der Waals surface area (Å²) in [4.78, 5) is 53.6. The molecule has 2 bridgehead atoms. The molecule has 0 radical (unpaired) electrons. The topological polar surface area (TPSA) is 170 Å². The summed E-state index contributed by atoms with van der Waals surface area (Å²) in [6.07, 6.45) is 0.303. The summed E-state index contributed by atoms with van der Waals surface area (Å²) in [7, 11) is 1.13. The number of carbonyl (C=O) groups is 4. The molecule has 4 aliphatic carbocycles. The number of furan rings is 1. The predicted octanol–water partition coefficient (Wildman–Crippen LogP) is 2.09. The van der Waals surface area contributed by atoms with Crippen LogP contribution in [-0.4, -0.2) is 69.5 Å². The third-order valence-corrected chi connectivity index (χ3v) is 11.1. The van der Waals surface area contributed by atoms with Gasteiger partial charge in [-0.2, -0.15) is 0 Å². The van der Waals surface area contributed by atoms with Crippen LogP contribution in [0.1, 0.15) is 65.5 Å². The Morgan fingerprint density at radius 3 is 2.40 bits per heavy atom. The van der Waals surface area contributed by atoms with E-state index in [1.54, 1.807) is 33.8 Å². The number of Topliss-reactive ketones (excluding diaryl/α,β-unsaturated/α-hetero) is 1. The second-order valence-electron chi connectivity index (χ2n) is 13.5. The van der Waals surface area contributed by atoms with E-state index in [2.05, 4.69) is 0 Å². The summed E-state index contributed by atoms with van der Waals surface area (Å²) >= 11 is 0. The maximum Gasteiger partial charge on any atom is 0.335 e. The molecule has 1 aromatic rings. The summed E-state index contributed by atoms with van der Waals surface area (Å²) < 4.78 is 21.7. The summed E-state index contributed by atoms with van der Waals surface area (Å²) in [5.74, 6) is -5.02. The van der Waals surface area contributed by atoms with Gasteiger partial charge in [-0.05, 0) is 36.5 Å². The molecular formula is C31H36O11. The van der Waals surface area contributed by atoms with E-state index in [1.807, 2.05) is 6.92 Å². The summed E-state index contributed by atoms with van der Waals surface area (Å²) in [6.45, 7) is 8.26. The van der Waals surface area contributed by atoms with Crippen LogP contribution in [0.3, 0.4) is 0 Å². The molecule has 11 nitrogen and oxygen atoms in total. The Hall–Kier alpha value is -3.28. The van der Waals surface area contributed by atoms with Crippen LogP contribution in [0.4, 0.5) is 0 Å². The first-order valence-electron chi connectivity index (χ1n) is 14.2. The smallest absolute Gasteiger partial charge is 0.335 e. The number of aliphatic hydroxyl groups excluding tert-OH is 1. The van der Waals surface area contributed by atoms with Gasteiger partial charge in [-0.1, -0.05) is 34.6 Å². The van der Waals surface area contributed by atoms with Gasteiger partial charge in [0, 0.05) is 39.4 Å². The lowest BCUT2D eigenvalue weighted by Crippen LogP contribution is -2.77. The fourth-order valence-electron chi connectivity index (χ4n) is 9.22. The van der Waals surface area contributed by atoms with Crippen molar-refractivity contribution in [2.45, 2.75) is 83.4 Å². The Morgan fingerprint density at radius 1 is 1.12 bits per heavy atom. The highest BCUT2D eigenvalue weighted by Crippen LogP contribution is 2.79. The molecular weight excluding hydrogens is 548 g/mol. The van der Waals surface area contributed by atoms with Crippen LogP contribution in [0.25, 0.3) is 0 Å². The van der Waals surface area contributed by atoms with E-state index in [0.717, 1.165) is 7.11 Å². The second kappa shape index (κ2) is 8.64. The average Bonchev–Trinajstić information content (AvgIpc) is 3.57. The molecule has 9 atom stereocenters. The quantitative estimate of drug-likeness (QED) is 0.342.